The van der Waals surface area contributed by atoms with Crippen molar-refractivity contribution in [3.05, 3.63) is 58.1 Å². The van der Waals surface area contributed by atoms with Crippen molar-refractivity contribution in [2.75, 3.05) is 32.1 Å². The number of alkyl halides is 3. The van der Waals surface area contributed by atoms with E-state index in [1.807, 2.05) is 0 Å². The standard InChI is InChI=1S/C25H25ClF4N4O3/c1-33(23(35)14-11-34(12-14)24(36)20-6-7-37-20)22(25(28,29)30)19-5-3-15(10-31-19)32-16-8-13-2-4-18(26)21(27)17(13)9-16/h2-5,10,14,16,20,22,32H,6-9,11-12H2,1H3. The number of carbonyl (C=O) groups is 2. The molecule has 2 amide bonds. The number of aromatic nitrogens is 1. The number of likely N-dealkylation sites (tertiary alicyclic amines) is 1. The Morgan fingerprint density at radius 2 is 1.95 bits per heavy atom. The highest BCUT2D eigenvalue weighted by Crippen LogP contribution is 2.38. The molecule has 12 heteroatoms. The van der Waals surface area contributed by atoms with Gasteiger partial charge in [-0.15, -0.1) is 0 Å². The van der Waals surface area contributed by atoms with Crippen LogP contribution < -0.4 is 5.32 Å². The summed E-state index contributed by atoms with van der Waals surface area (Å²) in [6.07, 6.45) is -2.44. The molecular formula is C25H25ClF4N4O3. The van der Waals surface area contributed by atoms with Crippen molar-refractivity contribution in [3.63, 3.8) is 0 Å². The lowest BCUT2D eigenvalue weighted by molar-refractivity contribution is -0.194. The zero-order chi connectivity index (χ0) is 26.5. The molecule has 1 N–H and O–H groups in total. The van der Waals surface area contributed by atoms with Crippen molar-refractivity contribution < 1.29 is 31.9 Å². The average Bonchev–Trinajstić information content (AvgIpc) is 3.17. The first kappa shape index (κ1) is 25.7. The minimum atomic E-state index is -4.75. The molecule has 37 heavy (non-hydrogen) atoms. The third-order valence-electron chi connectivity index (χ3n) is 7.21. The Bertz CT molecular complexity index is 1200. The van der Waals surface area contributed by atoms with Gasteiger partial charge in [-0.25, -0.2) is 4.39 Å². The van der Waals surface area contributed by atoms with Gasteiger partial charge in [0.25, 0.3) is 5.91 Å². The molecule has 1 aromatic heterocycles. The molecule has 2 aromatic rings. The fraction of sp³-hybridized carbons (Fsp3) is 0.480. The molecule has 1 aliphatic carbocycles. The topological polar surface area (TPSA) is 74.8 Å². The molecule has 198 valence electrons. The van der Waals surface area contributed by atoms with Gasteiger partial charge in [-0.2, -0.15) is 13.2 Å². The molecule has 0 saturated carbocycles. The summed E-state index contributed by atoms with van der Waals surface area (Å²) in [4.78, 5) is 31.1. The van der Waals surface area contributed by atoms with Gasteiger partial charge in [0.05, 0.1) is 35.1 Å². The van der Waals surface area contributed by atoms with E-state index in [-0.39, 0.29) is 35.8 Å². The number of amides is 2. The summed E-state index contributed by atoms with van der Waals surface area (Å²) in [7, 11) is 1.10. The van der Waals surface area contributed by atoms with Crippen molar-refractivity contribution in [1.82, 2.24) is 14.8 Å². The average molecular weight is 541 g/mol. The highest BCUT2D eigenvalue weighted by molar-refractivity contribution is 6.30. The Kier molecular flexibility index (Phi) is 6.78. The number of ether oxygens (including phenoxy) is 1. The maximum Gasteiger partial charge on any atom is 0.414 e. The predicted octanol–water partition coefficient (Wildman–Crippen LogP) is 3.76. The quantitative estimate of drug-likeness (QED) is 0.565. The first-order chi connectivity index (χ1) is 17.5. The Balaban J connectivity index is 1.23. The van der Waals surface area contributed by atoms with E-state index in [0.29, 0.717) is 42.0 Å². The van der Waals surface area contributed by atoms with E-state index in [4.69, 9.17) is 16.3 Å². The second kappa shape index (κ2) is 9.75. The van der Waals surface area contributed by atoms with Gasteiger partial charge < -0.3 is 19.9 Å². The van der Waals surface area contributed by atoms with Gasteiger partial charge in [-0.1, -0.05) is 17.7 Å². The van der Waals surface area contributed by atoms with Crippen molar-refractivity contribution in [2.45, 2.75) is 43.6 Å². The molecule has 2 fully saturated rings. The second-order valence-electron chi connectivity index (χ2n) is 9.70. The summed E-state index contributed by atoms with van der Waals surface area (Å²) >= 11 is 5.86. The summed E-state index contributed by atoms with van der Waals surface area (Å²) < 4.78 is 61.5. The SMILES string of the molecule is CN(C(=O)C1CN(C(=O)C2CCO2)C1)C(c1ccc(NC2Cc3ccc(Cl)c(F)c3C2)cn1)C(F)(F)F. The van der Waals surface area contributed by atoms with Crippen molar-refractivity contribution in [3.8, 4) is 0 Å². The summed E-state index contributed by atoms with van der Waals surface area (Å²) in [6, 6.07) is 3.57. The van der Waals surface area contributed by atoms with E-state index in [9.17, 15) is 27.2 Å². The fourth-order valence-electron chi connectivity index (χ4n) is 5.07. The van der Waals surface area contributed by atoms with Crippen LogP contribution in [0.3, 0.4) is 0 Å². The second-order valence-corrected chi connectivity index (χ2v) is 10.1. The Labute approximate surface area is 215 Å². The lowest BCUT2D eigenvalue weighted by atomic mass is 9.95. The number of hydrogen-bond donors (Lipinski definition) is 1. The molecule has 1 aromatic carbocycles. The maximum atomic E-state index is 14.3. The monoisotopic (exact) mass is 540 g/mol. The Hall–Kier alpha value is -2.92. The molecule has 3 unspecified atom stereocenters. The molecule has 2 saturated heterocycles. The van der Waals surface area contributed by atoms with Crippen LogP contribution in [0.1, 0.15) is 29.3 Å². The van der Waals surface area contributed by atoms with E-state index in [1.54, 1.807) is 6.07 Å². The number of fused-ring (bicyclic) bond motifs is 1. The molecule has 3 atom stereocenters. The first-order valence-corrected chi connectivity index (χ1v) is 12.3. The number of rotatable bonds is 6. The number of nitrogens with zero attached hydrogens (tertiary/aromatic N) is 3. The third-order valence-corrected chi connectivity index (χ3v) is 7.50. The van der Waals surface area contributed by atoms with E-state index in [2.05, 4.69) is 10.3 Å². The van der Waals surface area contributed by atoms with Crippen molar-refractivity contribution in [1.29, 1.82) is 0 Å². The van der Waals surface area contributed by atoms with Crippen LogP contribution >= 0.6 is 11.6 Å². The minimum absolute atomic E-state index is 0.0517. The number of carbonyl (C=O) groups excluding carboxylic acids is 2. The molecule has 7 nitrogen and oxygen atoms in total. The molecule has 3 heterocycles. The van der Waals surface area contributed by atoms with Crippen LogP contribution in [-0.2, 0) is 27.2 Å². The summed E-state index contributed by atoms with van der Waals surface area (Å²) in [5.41, 5.74) is 1.52. The number of anilines is 1. The Morgan fingerprint density at radius 3 is 2.54 bits per heavy atom. The molecule has 5 rings (SSSR count). The van der Waals surface area contributed by atoms with E-state index in [0.717, 1.165) is 12.6 Å². The van der Waals surface area contributed by atoms with Gasteiger partial charge >= 0.3 is 6.18 Å². The predicted molar refractivity (Wildman–Crippen MR) is 126 cm³/mol. The van der Waals surface area contributed by atoms with Crippen LogP contribution in [0.5, 0.6) is 0 Å². The number of pyridine rings is 1. The Morgan fingerprint density at radius 1 is 1.22 bits per heavy atom. The molecule has 0 radical (unpaired) electrons. The van der Waals surface area contributed by atoms with Crippen LogP contribution in [0, 0.1) is 11.7 Å². The highest BCUT2D eigenvalue weighted by atomic mass is 35.5. The lowest BCUT2D eigenvalue weighted by Crippen LogP contribution is -2.60. The fourth-order valence-corrected chi connectivity index (χ4v) is 5.25. The van der Waals surface area contributed by atoms with Crippen molar-refractivity contribution in [2.24, 2.45) is 5.92 Å². The number of nitrogens with one attached hydrogen (secondary N) is 1. The van der Waals surface area contributed by atoms with Gasteiger partial charge in [-0.3, -0.25) is 14.6 Å². The smallest absolute Gasteiger partial charge is 0.380 e. The normalized spacial score (nSPS) is 22.1. The summed E-state index contributed by atoms with van der Waals surface area (Å²) in [5.74, 6) is -2.09. The van der Waals surface area contributed by atoms with E-state index < -0.39 is 36.0 Å². The maximum absolute atomic E-state index is 14.3. The summed E-state index contributed by atoms with van der Waals surface area (Å²) in [5, 5.41) is 3.23. The lowest BCUT2D eigenvalue weighted by Gasteiger charge is -2.43. The molecular weight excluding hydrogens is 516 g/mol. The van der Waals surface area contributed by atoms with E-state index in [1.165, 1.54) is 29.3 Å². The van der Waals surface area contributed by atoms with Gasteiger partial charge in [0.2, 0.25) is 5.91 Å². The van der Waals surface area contributed by atoms with Gasteiger partial charge in [-0.05, 0) is 42.2 Å². The summed E-state index contributed by atoms with van der Waals surface area (Å²) in [6.45, 7) is 0.641. The van der Waals surface area contributed by atoms with Gasteiger partial charge in [0.1, 0.15) is 11.9 Å². The van der Waals surface area contributed by atoms with Gasteiger partial charge in [0, 0.05) is 32.6 Å². The number of halogens is 5. The van der Waals surface area contributed by atoms with Crippen LogP contribution in [0.25, 0.3) is 0 Å². The van der Waals surface area contributed by atoms with Crippen LogP contribution in [0.4, 0.5) is 23.2 Å². The van der Waals surface area contributed by atoms with Crippen LogP contribution in [-0.4, -0.2) is 71.7 Å². The molecule has 0 bridgehead atoms. The number of benzene rings is 1. The van der Waals surface area contributed by atoms with Crippen molar-refractivity contribution >= 4 is 29.1 Å². The highest BCUT2D eigenvalue weighted by Gasteiger charge is 2.49. The van der Waals surface area contributed by atoms with Crippen LogP contribution in [0.2, 0.25) is 5.02 Å². The first-order valence-electron chi connectivity index (χ1n) is 11.9. The zero-order valence-electron chi connectivity index (χ0n) is 19.9. The van der Waals surface area contributed by atoms with E-state index >= 15 is 0 Å². The number of hydrogen-bond acceptors (Lipinski definition) is 5. The largest absolute Gasteiger partial charge is 0.414 e. The molecule has 3 aliphatic rings. The zero-order valence-corrected chi connectivity index (χ0v) is 20.7. The molecule has 0 spiro atoms. The minimum Gasteiger partial charge on any atom is -0.380 e. The van der Waals surface area contributed by atoms with Gasteiger partial charge in [0.15, 0.2) is 6.04 Å². The third kappa shape index (κ3) is 4.98. The van der Waals surface area contributed by atoms with Crippen LogP contribution in [0.15, 0.2) is 30.5 Å². The molecule has 2 aliphatic heterocycles.